The van der Waals surface area contributed by atoms with Crippen LogP contribution in [0, 0.1) is 0 Å². The van der Waals surface area contributed by atoms with Crippen molar-refractivity contribution in [1.82, 2.24) is 19.4 Å². The molecule has 7 heteroatoms. The minimum absolute atomic E-state index is 0.529. The third-order valence-electron chi connectivity index (χ3n) is 3.22. The van der Waals surface area contributed by atoms with Gasteiger partial charge in [-0.15, -0.1) is 0 Å². The quantitative estimate of drug-likeness (QED) is 0.683. The molecule has 0 aliphatic carbocycles. The van der Waals surface area contributed by atoms with Gasteiger partial charge in [0.05, 0.1) is 11.9 Å². The van der Waals surface area contributed by atoms with E-state index in [1.165, 1.54) is 16.1 Å². The Morgan fingerprint density at radius 3 is 2.65 bits per heavy atom. The highest BCUT2D eigenvalue weighted by Crippen LogP contribution is 2.06. The Morgan fingerprint density at radius 1 is 1.40 bits per heavy atom. The first-order chi connectivity index (χ1) is 9.38. The predicted octanol–water partition coefficient (Wildman–Crippen LogP) is 0.744. The van der Waals surface area contributed by atoms with Gasteiger partial charge in [-0.1, -0.05) is 13.8 Å². The summed E-state index contributed by atoms with van der Waals surface area (Å²) < 4.78 is 26.2. The first-order valence-electron chi connectivity index (χ1n) is 7.05. The Hall–Kier alpha value is -0.920. The number of hydrogen-bond acceptors (Lipinski definition) is 4. The lowest BCUT2D eigenvalue weighted by Crippen LogP contribution is -2.32. The Bertz CT molecular complexity index is 510. The average molecular weight is 302 g/mol. The maximum Gasteiger partial charge on any atom is 0.211 e. The van der Waals surface area contributed by atoms with Crippen LogP contribution in [0.5, 0.6) is 0 Å². The van der Waals surface area contributed by atoms with Crippen LogP contribution in [0.25, 0.3) is 0 Å². The van der Waals surface area contributed by atoms with Crippen LogP contribution in [0.15, 0.2) is 6.20 Å². The normalized spacial score (nSPS) is 12.2. The monoisotopic (exact) mass is 302 g/mol. The third-order valence-corrected chi connectivity index (χ3v) is 4.60. The summed E-state index contributed by atoms with van der Waals surface area (Å²) in [6.07, 6.45) is 5.02. The van der Waals surface area contributed by atoms with Gasteiger partial charge < -0.3 is 5.32 Å². The van der Waals surface area contributed by atoms with E-state index in [4.69, 9.17) is 0 Å². The molecule has 0 aliphatic heterocycles. The van der Waals surface area contributed by atoms with Crippen molar-refractivity contribution in [3.05, 3.63) is 17.5 Å². The highest BCUT2D eigenvalue weighted by Gasteiger charge is 2.13. The molecule has 0 amide bonds. The lowest BCUT2D eigenvalue weighted by Gasteiger charge is -2.17. The number of rotatable bonds is 9. The molecule has 1 aromatic heterocycles. The van der Waals surface area contributed by atoms with Crippen molar-refractivity contribution in [3.63, 3.8) is 0 Å². The largest absolute Gasteiger partial charge is 0.312 e. The molecule has 1 N–H and O–H groups in total. The molecule has 0 bridgehead atoms. The van der Waals surface area contributed by atoms with E-state index in [-0.39, 0.29) is 0 Å². The first-order valence-corrected chi connectivity index (χ1v) is 8.90. The van der Waals surface area contributed by atoms with Crippen molar-refractivity contribution in [2.45, 2.75) is 33.2 Å². The van der Waals surface area contributed by atoms with Crippen molar-refractivity contribution in [3.8, 4) is 0 Å². The fourth-order valence-electron chi connectivity index (χ4n) is 2.19. The number of aryl methyl sites for hydroxylation is 2. The zero-order chi connectivity index (χ0) is 15.2. The van der Waals surface area contributed by atoms with Crippen molar-refractivity contribution in [2.24, 2.45) is 7.05 Å². The van der Waals surface area contributed by atoms with Gasteiger partial charge in [-0.2, -0.15) is 5.10 Å². The third kappa shape index (κ3) is 5.22. The Kier molecular flexibility index (Phi) is 6.64. The maximum absolute atomic E-state index is 11.4. The molecule has 0 spiro atoms. The molecule has 0 saturated carbocycles. The summed E-state index contributed by atoms with van der Waals surface area (Å²) in [7, 11) is -1.14. The summed E-state index contributed by atoms with van der Waals surface area (Å²) >= 11 is 0. The molecule has 0 aliphatic rings. The first kappa shape index (κ1) is 17.1. The molecule has 6 nitrogen and oxygen atoms in total. The zero-order valence-corrected chi connectivity index (χ0v) is 13.7. The van der Waals surface area contributed by atoms with Crippen molar-refractivity contribution >= 4 is 10.0 Å². The van der Waals surface area contributed by atoms with E-state index in [1.54, 1.807) is 0 Å². The summed E-state index contributed by atoms with van der Waals surface area (Å²) in [5.74, 6) is 0. The van der Waals surface area contributed by atoms with E-state index < -0.39 is 10.0 Å². The molecule has 1 aromatic rings. The molecule has 1 heterocycles. The van der Waals surface area contributed by atoms with Crippen LogP contribution >= 0.6 is 0 Å². The number of sulfonamides is 1. The average Bonchev–Trinajstić information content (AvgIpc) is 2.72. The zero-order valence-electron chi connectivity index (χ0n) is 12.9. The van der Waals surface area contributed by atoms with Gasteiger partial charge in [-0.25, -0.2) is 12.7 Å². The minimum Gasteiger partial charge on any atom is -0.312 e. The molecule has 0 radical (unpaired) electrons. The second kappa shape index (κ2) is 7.75. The van der Waals surface area contributed by atoms with Crippen LogP contribution in [0.4, 0.5) is 0 Å². The van der Waals surface area contributed by atoms with Crippen molar-refractivity contribution in [1.29, 1.82) is 0 Å². The maximum atomic E-state index is 11.4. The summed E-state index contributed by atoms with van der Waals surface area (Å²) in [5, 5.41) is 7.74. The van der Waals surface area contributed by atoms with E-state index in [1.807, 2.05) is 24.9 Å². The number of nitrogens with one attached hydrogen (secondary N) is 1. The fourth-order valence-corrected chi connectivity index (χ4v) is 3.12. The second-order valence-corrected chi connectivity index (χ2v) is 6.90. The van der Waals surface area contributed by atoms with Gasteiger partial charge in [0.2, 0.25) is 10.0 Å². The van der Waals surface area contributed by atoms with Crippen LogP contribution in [0.2, 0.25) is 0 Å². The van der Waals surface area contributed by atoms with E-state index in [9.17, 15) is 8.42 Å². The summed E-state index contributed by atoms with van der Waals surface area (Å²) in [6.45, 7) is 6.62. The number of nitrogens with zero attached hydrogens (tertiary/aromatic N) is 3. The Labute approximate surface area is 122 Å². The van der Waals surface area contributed by atoms with Gasteiger partial charge in [0.15, 0.2) is 0 Å². The standard InChI is InChI=1S/C13H26N4O2S/c1-5-13-12(11-16(3)15-13)10-14-8-7-9-17(6-2)20(4,18)19/h11,14H,5-10H2,1-4H3. The van der Waals surface area contributed by atoms with Gasteiger partial charge in [0.25, 0.3) is 0 Å². The Balaban J connectivity index is 2.31. The molecule has 1 rings (SSSR count). The van der Waals surface area contributed by atoms with Crippen molar-refractivity contribution < 1.29 is 8.42 Å². The Morgan fingerprint density at radius 2 is 2.10 bits per heavy atom. The van der Waals surface area contributed by atoms with Gasteiger partial charge >= 0.3 is 0 Å². The van der Waals surface area contributed by atoms with E-state index in [0.29, 0.717) is 13.1 Å². The van der Waals surface area contributed by atoms with E-state index in [0.717, 1.165) is 31.6 Å². The fraction of sp³-hybridized carbons (Fsp3) is 0.769. The molecule has 116 valence electrons. The second-order valence-electron chi connectivity index (χ2n) is 4.91. The van der Waals surface area contributed by atoms with E-state index in [2.05, 4.69) is 17.3 Å². The van der Waals surface area contributed by atoms with Crippen LogP contribution < -0.4 is 5.32 Å². The lowest BCUT2D eigenvalue weighted by molar-refractivity contribution is 0.419. The SMILES string of the molecule is CCc1nn(C)cc1CNCCCN(CC)S(C)(=O)=O. The molecule has 0 aromatic carbocycles. The predicted molar refractivity (Wildman–Crippen MR) is 81.0 cm³/mol. The number of aromatic nitrogens is 2. The van der Waals surface area contributed by atoms with Gasteiger partial charge in [-0.3, -0.25) is 4.68 Å². The van der Waals surface area contributed by atoms with Gasteiger partial charge in [-0.05, 0) is 19.4 Å². The lowest BCUT2D eigenvalue weighted by atomic mass is 10.2. The molecule has 0 unspecified atom stereocenters. The summed E-state index contributed by atoms with van der Waals surface area (Å²) in [6, 6.07) is 0. The van der Waals surface area contributed by atoms with Crippen LogP contribution in [0.3, 0.4) is 0 Å². The summed E-state index contributed by atoms with van der Waals surface area (Å²) in [5.41, 5.74) is 2.33. The molecular formula is C13H26N4O2S. The van der Waals surface area contributed by atoms with Gasteiger partial charge in [0, 0.05) is 38.4 Å². The minimum atomic E-state index is -3.07. The van der Waals surface area contributed by atoms with Crippen LogP contribution in [-0.2, 0) is 30.0 Å². The topological polar surface area (TPSA) is 67.2 Å². The molecule has 0 fully saturated rings. The molecule has 0 saturated heterocycles. The van der Waals surface area contributed by atoms with Gasteiger partial charge in [0.1, 0.15) is 0 Å². The smallest absolute Gasteiger partial charge is 0.211 e. The van der Waals surface area contributed by atoms with E-state index >= 15 is 0 Å². The van der Waals surface area contributed by atoms with Crippen LogP contribution in [0.1, 0.15) is 31.5 Å². The highest BCUT2D eigenvalue weighted by atomic mass is 32.2. The van der Waals surface area contributed by atoms with Crippen LogP contribution in [-0.4, -0.2) is 48.4 Å². The number of hydrogen-bond donors (Lipinski definition) is 1. The molecule has 20 heavy (non-hydrogen) atoms. The van der Waals surface area contributed by atoms with Crippen molar-refractivity contribution in [2.75, 3.05) is 25.9 Å². The highest BCUT2D eigenvalue weighted by molar-refractivity contribution is 7.88. The molecular weight excluding hydrogens is 276 g/mol. The molecule has 0 atom stereocenters. The summed E-state index contributed by atoms with van der Waals surface area (Å²) in [4.78, 5) is 0.